The second-order valence-electron chi connectivity index (χ2n) is 6.36. The summed E-state index contributed by atoms with van der Waals surface area (Å²) in [5.74, 6) is -5.10. The van der Waals surface area contributed by atoms with Crippen LogP contribution in [0.3, 0.4) is 0 Å². The molecule has 0 aliphatic rings. The van der Waals surface area contributed by atoms with E-state index in [0.717, 1.165) is 0 Å². The summed E-state index contributed by atoms with van der Waals surface area (Å²) in [6.45, 7) is 1.18. The number of aliphatic carboxylic acids is 2. The predicted octanol–water partition coefficient (Wildman–Crippen LogP) is -2.61. The molecule has 0 heterocycles. The Labute approximate surface area is 183 Å². The van der Waals surface area contributed by atoms with Crippen molar-refractivity contribution < 1.29 is 39.3 Å². The van der Waals surface area contributed by atoms with Crippen LogP contribution in [0.2, 0.25) is 0 Å². The first-order chi connectivity index (χ1) is 13.9. The molecule has 0 bridgehead atoms. The van der Waals surface area contributed by atoms with E-state index in [9.17, 15) is 29.1 Å². The highest BCUT2D eigenvalue weighted by atomic mass is 32.2. The normalized spacial score (nSPS) is 15.8. The van der Waals surface area contributed by atoms with Crippen molar-refractivity contribution in [3.8, 4) is 0 Å². The summed E-state index contributed by atoms with van der Waals surface area (Å²) in [6.07, 6.45) is -0.322. The number of carbonyl (C=O) groups excluding carboxylic acids is 3. The fourth-order valence-corrected chi connectivity index (χ4v) is 2.80. The second kappa shape index (κ2) is 14.1. The number of thiol groups is 1. The summed E-state index contributed by atoms with van der Waals surface area (Å²) in [5, 5.41) is 34.3. The number of hydrogen-bond acceptors (Lipinski definition) is 9. The largest absolute Gasteiger partial charge is 0.481 e. The fraction of sp³-hybridized carbons (Fsp3) is 0.688. The number of rotatable bonds is 14. The number of aliphatic hydroxyl groups is 1. The Balaban J connectivity index is 5.43. The van der Waals surface area contributed by atoms with Crippen molar-refractivity contribution in [1.29, 1.82) is 0 Å². The van der Waals surface area contributed by atoms with E-state index in [1.165, 1.54) is 18.7 Å². The summed E-state index contributed by atoms with van der Waals surface area (Å²) in [5.41, 5.74) is 5.51. The molecule has 5 atom stereocenters. The number of carbonyl (C=O) groups is 5. The smallest absolute Gasteiger partial charge is 0.328 e. The molecule has 0 aromatic carbocycles. The van der Waals surface area contributed by atoms with Crippen LogP contribution in [0.15, 0.2) is 0 Å². The first-order valence-corrected chi connectivity index (χ1v) is 10.9. The number of carboxylic acid groups (broad SMARTS) is 2. The lowest BCUT2D eigenvalue weighted by Gasteiger charge is -2.25. The third-order valence-electron chi connectivity index (χ3n) is 3.84. The number of hydrogen-bond donors (Lipinski definition) is 8. The Morgan fingerprint density at radius 2 is 1.53 bits per heavy atom. The molecule has 0 aliphatic heterocycles. The van der Waals surface area contributed by atoms with Crippen LogP contribution in [0.25, 0.3) is 0 Å². The van der Waals surface area contributed by atoms with E-state index in [1.807, 2.05) is 0 Å². The summed E-state index contributed by atoms with van der Waals surface area (Å²) in [7, 11) is 0. The first kappa shape index (κ1) is 28.0. The lowest BCUT2D eigenvalue weighted by molar-refractivity contribution is -0.145. The number of thioether (sulfide) groups is 1. The summed E-state index contributed by atoms with van der Waals surface area (Å²) in [4.78, 5) is 59.2. The molecule has 0 spiro atoms. The van der Waals surface area contributed by atoms with Gasteiger partial charge in [-0.25, -0.2) is 4.79 Å². The van der Waals surface area contributed by atoms with Crippen molar-refractivity contribution in [1.82, 2.24) is 16.0 Å². The van der Waals surface area contributed by atoms with Crippen molar-refractivity contribution in [2.24, 2.45) is 5.73 Å². The minimum absolute atomic E-state index is 0.0398. The molecule has 172 valence electrons. The fourth-order valence-electron chi connectivity index (χ4n) is 2.16. The molecule has 0 rings (SSSR count). The third-order valence-corrected chi connectivity index (χ3v) is 4.87. The SMILES string of the molecule is CSCCC(NC(=O)C(CC(=O)O)NC(=O)C(N)CS)C(=O)NC(C(=O)O)C(C)O. The molecule has 12 nitrogen and oxygen atoms in total. The Hall–Kier alpha value is -2.03. The van der Waals surface area contributed by atoms with E-state index in [0.29, 0.717) is 5.75 Å². The topological polar surface area (TPSA) is 208 Å². The van der Waals surface area contributed by atoms with Crippen molar-refractivity contribution in [2.45, 2.75) is 50.0 Å². The highest BCUT2D eigenvalue weighted by molar-refractivity contribution is 7.98. The average Bonchev–Trinajstić information content (AvgIpc) is 2.66. The van der Waals surface area contributed by atoms with Gasteiger partial charge in [0.25, 0.3) is 0 Å². The van der Waals surface area contributed by atoms with Crippen molar-refractivity contribution in [3.63, 3.8) is 0 Å². The van der Waals surface area contributed by atoms with E-state index >= 15 is 0 Å². The van der Waals surface area contributed by atoms with Gasteiger partial charge in [-0.15, -0.1) is 0 Å². The molecular weight excluding hydrogens is 440 g/mol. The van der Waals surface area contributed by atoms with Gasteiger partial charge in [-0.05, 0) is 25.4 Å². The number of amides is 3. The molecule has 0 saturated heterocycles. The Morgan fingerprint density at radius 3 is 1.97 bits per heavy atom. The van der Waals surface area contributed by atoms with Crippen LogP contribution in [-0.4, -0.2) is 93.0 Å². The minimum atomic E-state index is -1.60. The molecule has 0 saturated carbocycles. The molecule has 8 N–H and O–H groups in total. The lowest BCUT2D eigenvalue weighted by atomic mass is 10.1. The Bertz CT molecular complexity index is 634. The maximum absolute atomic E-state index is 12.6. The monoisotopic (exact) mass is 468 g/mol. The maximum Gasteiger partial charge on any atom is 0.328 e. The summed E-state index contributed by atoms with van der Waals surface area (Å²) < 4.78 is 0. The van der Waals surface area contributed by atoms with Gasteiger partial charge in [0.1, 0.15) is 12.1 Å². The molecule has 0 aromatic heterocycles. The molecule has 0 aliphatic carbocycles. The van der Waals surface area contributed by atoms with Crippen LogP contribution in [0, 0.1) is 0 Å². The molecule has 30 heavy (non-hydrogen) atoms. The van der Waals surface area contributed by atoms with Crippen LogP contribution in [0.1, 0.15) is 19.8 Å². The quantitative estimate of drug-likeness (QED) is 0.125. The minimum Gasteiger partial charge on any atom is -0.481 e. The average molecular weight is 469 g/mol. The molecule has 5 unspecified atom stereocenters. The van der Waals surface area contributed by atoms with Crippen molar-refractivity contribution >= 4 is 54.1 Å². The predicted molar refractivity (Wildman–Crippen MR) is 112 cm³/mol. The first-order valence-electron chi connectivity index (χ1n) is 8.83. The third kappa shape index (κ3) is 10.1. The Kier molecular flexibility index (Phi) is 13.1. The number of nitrogens with two attached hydrogens (primary N) is 1. The summed E-state index contributed by atoms with van der Waals surface area (Å²) >= 11 is 5.21. The van der Waals surface area contributed by atoms with Gasteiger partial charge in [0.05, 0.1) is 18.6 Å². The number of aliphatic hydroxyl groups excluding tert-OH is 1. The van der Waals surface area contributed by atoms with E-state index in [-0.39, 0.29) is 12.2 Å². The van der Waals surface area contributed by atoms with Crippen LogP contribution in [-0.2, 0) is 24.0 Å². The zero-order chi connectivity index (χ0) is 23.4. The van der Waals surface area contributed by atoms with Crippen LogP contribution >= 0.6 is 24.4 Å². The highest BCUT2D eigenvalue weighted by Crippen LogP contribution is 2.05. The van der Waals surface area contributed by atoms with Crippen LogP contribution in [0.4, 0.5) is 0 Å². The zero-order valence-electron chi connectivity index (χ0n) is 16.5. The van der Waals surface area contributed by atoms with E-state index in [4.69, 9.17) is 15.9 Å². The van der Waals surface area contributed by atoms with Gasteiger partial charge >= 0.3 is 11.9 Å². The lowest BCUT2D eigenvalue weighted by Crippen LogP contribution is -2.58. The van der Waals surface area contributed by atoms with Gasteiger partial charge in [-0.1, -0.05) is 0 Å². The van der Waals surface area contributed by atoms with Gasteiger partial charge < -0.3 is 37.0 Å². The van der Waals surface area contributed by atoms with Gasteiger partial charge in [0.2, 0.25) is 17.7 Å². The number of nitrogens with one attached hydrogen (secondary N) is 3. The Morgan fingerprint density at radius 1 is 1.00 bits per heavy atom. The van der Waals surface area contributed by atoms with E-state index < -0.39 is 66.4 Å². The van der Waals surface area contributed by atoms with Crippen LogP contribution < -0.4 is 21.7 Å². The molecule has 14 heteroatoms. The van der Waals surface area contributed by atoms with Crippen LogP contribution in [0.5, 0.6) is 0 Å². The van der Waals surface area contributed by atoms with Crippen molar-refractivity contribution in [3.05, 3.63) is 0 Å². The zero-order valence-corrected chi connectivity index (χ0v) is 18.2. The standard InChI is InChI=1S/C16H28N4O8S2/c1-7(21)12(16(27)28)20-14(25)9(3-4-30-2)18-15(26)10(5-11(22)23)19-13(24)8(17)6-29/h7-10,12,21,29H,3-6,17H2,1-2H3,(H,18,26)(H,19,24)(H,20,25)(H,22,23)(H,27,28). The van der Waals surface area contributed by atoms with E-state index in [1.54, 1.807) is 6.26 Å². The molecule has 0 radical (unpaired) electrons. The van der Waals surface area contributed by atoms with Gasteiger partial charge in [-0.2, -0.15) is 24.4 Å². The molecular formula is C16H28N4O8S2. The second-order valence-corrected chi connectivity index (χ2v) is 7.71. The maximum atomic E-state index is 12.6. The van der Waals surface area contributed by atoms with Gasteiger partial charge in [-0.3, -0.25) is 19.2 Å². The molecule has 0 aromatic rings. The van der Waals surface area contributed by atoms with Gasteiger partial charge in [0.15, 0.2) is 6.04 Å². The van der Waals surface area contributed by atoms with Gasteiger partial charge in [0, 0.05) is 5.75 Å². The molecule has 0 fully saturated rings. The van der Waals surface area contributed by atoms with Crippen molar-refractivity contribution in [2.75, 3.05) is 17.8 Å². The molecule has 3 amide bonds. The highest BCUT2D eigenvalue weighted by Gasteiger charge is 2.32. The van der Waals surface area contributed by atoms with E-state index in [2.05, 4.69) is 28.6 Å². The number of carboxylic acids is 2. The summed E-state index contributed by atoms with van der Waals surface area (Å²) in [6, 6.07) is -5.42.